The second kappa shape index (κ2) is 5.67. The maximum absolute atomic E-state index is 13.9. The van der Waals surface area contributed by atoms with E-state index in [0.717, 1.165) is 19.5 Å². The fourth-order valence-corrected chi connectivity index (χ4v) is 2.45. The minimum absolute atomic E-state index is 0.125. The van der Waals surface area contributed by atoms with Gasteiger partial charge in [0.05, 0.1) is 6.10 Å². The monoisotopic (exact) mass is 265 g/mol. The molecule has 2 atom stereocenters. The van der Waals surface area contributed by atoms with E-state index in [1.165, 1.54) is 6.07 Å². The maximum Gasteiger partial charge on any atom is 0.128 e. The van der Waals surface area contributed by atoms with Gasteiger partial charge in [-0.1, -0.05) is 19.1 Å². The number of hydrogen-bond donors (Lipinski definition) is 3. The van der Waals surface area contributed by atoms with Crippen molar-refractivity contribution in [3.63, 3.8) is 0 Å². The Kier molecular flexibility index (Phi) is 4.17. The number of piperidine rings is 1. The van der Waals surface area contributed by atoms with E-state index in [4.69, 9.17) is 11.1 Å². The summed E-state index contributed by atoms with van der Waals surface area (Å²) in [4.78, 5) is 2.14. The molecule has 0 aromatic heterocycles. The summed E-state index contributed by atoms with van der Waals surface area (Å²) in [5.74, 6) is -0.236. The summed E-state index contributed by atoms with van der Waals surface area (Å²) in [7, 11) is 0. The van der Waals surface area contributed by atoms with Crippen LogP contribution in [0.2, 0.25) is 0 Å². The Balaban J connectivity index is 2.05. The smallest absolute Gasteiger partial charge is 0.128 e. The Labute approximate surface area is 112 Å². The molecule has 1 aromatic carbocycles. The topological polar surface area (TPSA) is 73.3 Å². The van der Waals surface area contributed by atoms with Crippen molar-refractivity contribution in [1.29, 1.82) is 5.41 Å². The van der Waals surface area contributed by atoms with Gasteiger partial charge < -0.3 is 10.8 Å². The molecular formula is C14H20FN3O. The van der Waals surface area contributed by atoms with Gasteiger partial charge in [0.2, 0.25) is 0 Å². The fourth-order valence-electron chi connectivity index (χ4n) is 2.45. The summed E-state index contributed by atoms with van der Waals surface area (Å²) in [6.45, 7) is 4.08. The Hall–Kier alpha value is -1.46. The van der Waals surface area contributed by atoms with Crippen LogP contribution in [0.1, 0.15) is 24.5 Å². The molecule has 1 fully saturated rings. The van der Waals surface area contributed by atoms with Gasteiger partial charge in [-0.15, -0.1) is 0 Å². The summed E-state index contributed by atoms with van der Waals surface area (Å²) in [6.07, 6.45) is 0.482. The highest BCUT2D eigenvalue weighted by Crippen LogP contribution is 2.20. The Morgan fingerprint density at radius 1 is 1.58 bits per heavy atom. The predicted molar refractivity (Wildman–Crippen MR) is 72.5 cm³/mol. The predicted octanol–water partition coefficient (Wildman–Crippen LogP) is 1.31. The van der Waals surface area contributed by atoms with Gasteiger partial charge in [-0.3, -0.25) is 10.3 Å². The molecule has 104 valence electrons. The lowest BCUT2D eigenvalue weighted by Gasteiger charge is -2.34. The first-order valence-corrected chi connectivity index (χ1v) is 6.50. The number of nitrogen functional groups attached to an aromatic ring is 1. The zero-order valence-corrected chi connectivity index (χ0v) is 11.1. The van der Waals surface area contributed by atoms with E-state index in [9.17, 15) is 9.50 Å². The van der Waals surface area contributed by atoms with E-state index >= 15 is 0 Å². The average Bonchev–Trinajstić information content (AvgIpc) is 2.36. The summed E-state index contributed by atoms with van der Waals surface area (Å²) in [5, 5.41) is 17.0. The number of likely N-dealkylation sites (tertiary alicyclic amines) is 1. The molecule has 1 aliphatic rings. The molecule has 5 heteroatoms. The minimum atomic E-state index is -0.327. The van der Waals surface area contributed by atoms with Crippen LogP contribution in [0.3, 0.4) is 0 Å². The first kappa shape index (κ1) is 14.0. The molecule has 0 spiro atoms. The second-order valence-electron chi connectivity index (χ2n) is 5.29. The fraction of sp³-hybridized carbons (Fsp3) is 0.500. The molecule has 0 aliphatic carbocycles. The van der Waals surface area contributed by atoms with Crippen molar-refractivity contribution < 1.29 is 9.50 Å². The van der Waals surface area contributed by atoms with Crippen LogP contribution < -0.4 is 5.73 Å². The Bertz CT molecular complexity index is 478. The van der Waals surface area contributed by atoms with Crippen molar-refractivity contribution in [2.24, 2.45) is 11.7 Å². The van der Waals surface area contributed by atoms with Gasteiger partial charge in [0.25, 0.3) is 0 Å². The standard InChI is InChI=1S/C14H20FN3O/c1-9-7-18(5-4-13(9)19)8-11-3-2-10(14(16)17)6-12(11)15/h2-3,6,9,13,19H,4-5,7-8H2,1H3,(H3,16,17). The normalized spacial score (nSPS) is 24.4. The first-order valence-electron chi connectivity index (χ1n) is 6.50. The van der Waals surface area contributed by atoms with Gasteiger partial charge in [0, 0.05) is 30.8 Å². The van der Waals surface area contributed by atoms with E-state index in [-0.39, 0.29) is 23.7 Å². The van der Waals surface area contributed by atoms with Crippen molar-refractivity contribution in [3.05, 3.63) is 35.1 Å². The molecule has 19 heavy (non-hydrogen) atoms. The van der Waals surface area contributed by atoms with E-state index in [2.05, 4.69) is 4.90 Å². The highest BCUT2D eigenvalue weighted by Gasteiger charge is 2.24. The molecule has 1 saturated heterocycles. The molecule has 0 saturated carbocycles. The van der Waals surface area contributed by atoms with Crippen molar-refractivity contribution in [1.82, 2.24) is 4.90 Å². The molecule has 0 bridgehead atoms. The van der Waals surface area contributed by atoms with Gasteiger partial charge in [-0.2, -0.15) is 0 Å². The number of nitrogens with two attached hydrogens (primary N) is 1. The highest BCUT2D eigenvalue weighted by molar-refractivity contribution is 5.94. The summed E-state index contributed by atoms with van der Waals surface area (Å²) >= 11 is 0. The van der Waals surface area contributed by atoms with Crippen LogP contribution in [-0.2, 0) is 6.54 Å². The molecule has 0 amide bonds. The van der Waals surface area contributed by atoms with Crippen LogP contribution in [-0.4, -0.2) is 35.0 Å². The van der Waals surface area contributed by atoms with Crippen LogP contribution in [0.4, 0.5) is 4.39 Å². The number of aliphatic hydroxyl groups is 1. The number of rotatable bonds is 3. The van der Waals surface area contributed by atoms with Crippen LogP contribution in [0.15, 0.2) is 18.2 Å². The third-order valence-electron chi connectivity index (χ3n) is 3.70. The molecule has 1 aromatic rings. The SMILES string of the molecule is CC1CN(Cc2ccc(C(=N)N)cc2F)CCC1O. The van der Waals surface area contributed by atoms with Crippen LogP contribution in [0.25, 0.3) is 0 Å². The number of benzene rings is 1. The van der Waals surface area contributed by atoms with Gasteiger partial charge in [-0.25, -0.2) is 4.39 Å². The highest BCUT2D eigenvalue weighted by atomic mass is 19.1. The molecule has 2 unspecified atom stereocenters. The lowest BCUT2D eigenvalue weighted by atomic mass is 9.96. The van der Waals surface area contributed by atoms with E-state index in [0.29, 0.717) is 17.7 Å². The summed E-state index contributed by atoms with van der Waals surface area (Å²) < 4.78 is 13.9. The Morgan fingerprint density at radius 2 is 2.32 bits per heavy atom. The second-order valence-corrected chi connectivity index (χ2v) is 5.29. The first-order chi connectivity index (χ1) is 8.97. The molecule has 0 radical (unpaired) electrons. The summed E-state index contributed by atoms with van der Waals surface area (Å²) in [6, 6.07) is 4.66. The quantitative estimate of drug-likeness (QED) is 0.570. The number of amidine groups is 1. The molecule has 2 rings (SSSR count). The van der Waals surface area contributed by atoms with Crippen LogP contribution in [0, 0.1) is 17.1 Å². The number of halogens is 1. The zero-order valence-electron chi connectivity index (χ0n) is 11.1. The van der Waals surface area contributed by atoms with Gasteiger partial charge >= 0.3 is 0 Å². The minimum Gasteiger partial charge on any atom is -0.393 e. The van der Waals surface area contributed by atoms with E-state index < -0.39 is 0 Å². The molecule has 1 heterocycles. The molecule has 1 aliphatic heterocycles. The third-order valence-corrected chi connectivity index (χ3v) is 3.70. The van der Waals surface area contributed by atoms with E-state index in [1.54, 1.807) is 12.1 Å². The third kappa shape index (κ3) is 3.30. The Morgan fingerprint density at radius 3 is 2.89 bits per heavy atom. The van der Waals surface area contributed by atoms with Crippen LogP contribution in [0.5, 0.6) is 0 Å². The lowest BCUT2D eigenvalue weighted by Crippen LogP contribution is -2.41. The van der Waals surface area contributed by atoms with Crippen molar-refractivity contribution in [2.45, 2.75) is 26.0 Å². The number of nitrogens with zero attached hydrogens (tertiary/aromatic N) is 1. The molecular weight excluding hydrogens is 245 g/mol. The molecule has 4 nitrogen and oxygen atoms in total. The number of nitrogens with one attached hydrogen (secondary N) is 1. The van der Waals surface area contributed by atoms with Gasteiger partial charge in [0.1, 0.15) is 11.7 Å². The van der Waals surface area contributed by atoms with Gasteiger partial charge in [-0.05, 0) is 18.4 Å². The largest absolute Gasteiger partial charge is 0.393 e. The average molecular weight is 265 g/mol. The van der Waals surface area contributed by atoms with Gasteiger partial charge in [0.15, 0.2) is 0 Å². The van der Waals surface area contributed by atoms with Crippen molar-refractivity contribution in [2.75, 3.05) is 13.1 Å². The summed E-state index contributed by atoms with van der Waals surface area (Å²) in [5.41, 5.74) is 6.34. The number of hydrogen-bond acceptors (Lipinski definition) is 3. The van der Waals surface area contributed by atoms with E-state index in [1.807, 2.05) is 6.92 Å². The van der Waals surface area contributed by atoms with Crippen LogP contribution >= 0.6 is 0 Å². The zero-order chi connectivity index (χ0) is 14.0. The maximum atomic E-state index is 13.9. The molecule has 4 N–H and O–H groups in total. The van der Waals surface area contributed by atoms with Crippen molar-refractivity contribution in [3.8, 4) is 0 Å². The number of aliphatic hydroxyl groups excluding tert-OH is 1. The van der Waals surface area contributed by atoms with Crippen molar-refractivity contribution >= 4 is 5.84 Å². The lowest BCUT2D eigenvalue weighted by molar-refractivity contribution is 0.0316.